The molecule has 3 rings (SSSR count). The summed E-state index contributed by atoms with van der Waals surface area (Å²) >= 11 is 1.38. The predicted octanol–water partition coefficient (Wildman–Crippen LogP) is 2.20. The van der Waals surface area contributed by atoms with Crippen molar-refractivity contribution in [1.29, 1.82) is 0 Å². The topological polar surface area (TPSA) is 72.7 Å². The van der Waals surface area contributed by atoms with Crippen molar-refractivity contribution < 1.29 is 4.79 Å². The van der Waals surface area contributed by atoms with E-state index >= 15 is 0 Å². The highest BCUT2D eigenvalue weighted by atomic mass is 32.2. The lowest BCUT2D eigenvalue weighted by atomic mass is 9.95. The highest BCUT2D eigenvalue weighted by molar-refractivity contribution is 7.99. The van der Waals surface area contributed by atoms with Crippen molar-refractivity contribution in [2.24, 2.45) is 0 Å². The second-order valence-electron chi connectivity index (χ2n) is 5.36. The summed E-state index contributed by atoms with van der Waals surface area (Å²) in [6.45, 7) is 0. The average molecular weight is 317 g/mol. The Morgan fingerprint density at radius 3 is 2.95 bits per heavy atom. The van der Waals surface area contributed by atoms with Gasteiger partial charge >= 0.3 is 0 Å². The van der Waals surface area contributed by atoms with E-state index in [1.807, 2.05) is 18.2 Å². The summed E-state index contributed by atoms with van der Waals surface area (Å²) in [6.07, 6.45) is 9.25. The Bertz CT molecular complexity index is 609. The van der Waals surface area contributed by atoms with Crippen LogP contribution in [0, 0.1) is 0 Å². The number of thioether (sulfide) groups is 1. The van der Waals surface area contributed by atoms with E-state index in [0.29, 0.717) is 17.0 Å². The monoisotopic (exact) mass is 317 g/mol. The Balaban J connectivity index is 1.55. The summed E-state index contributed by atoms with van der Waals surface area (Å²) in [5.41, 5.74) is 0. The quantitative estimate of drug-likeness (QED) is 0.856. The Kier molecular flexibility index (Phi) is 5.05. The third-order valence-electron chi connectivity index (χ3n) is 3.72. The molecule has 0 atom stereocenters. The summed E-state index contributed by atoms with van der Waals surface area (Å²) in [5, 5.41) is 11.8. The van der Waals surface area contributed by atoms with Crippen LogP contribution in [0.5, 0.6) is 0 Å². The van der Waals surface area contributed by atoms with Gasteiger partial charge in [-0.05, 0) is 25.0 Å². The number of aromatic nitrogens is 4. The standard InChI is InChI=1S/C15H19N5OS/c21-14(18-12-6-2-1-3-7-12)10-22-15-19-17-11-20(15)13-8-4-5-9-16-13/h4-5,8-9,11-12H,1-3,6-7,10H2,(H,18,21). The number of amides is 1. The summed E-state index contributed by atoms with van der Waals surface area (Å²) in [5.74, 6) is 1.16. The fourth-order valence-electron chi connectivity index (χ4n) is 2.62. The van der Waals surface area contributed by atoms with Crippen molar-refractivity contribution in [3.8, 4) is 5.82 Å². The Hall–Kier alpha value is -1.89. The number of hydrogen-bond acceptors (Lipinski definition) is 5. The molecule has 6 nitrogen and oxygen atoms in total. The smallest absolute Gasteiger partial charge is 0.230 e. The highest BCUT2D eigenvalue weighted by Crippen LogP contribution is 2.20. The molecule has 0 unspecified atom stereocenters. The summed E-state index contributed by atoms with van der Waals surface area (Å²) in [6, 6.07) is 6.00. The zero-order chi connectivity index (χ0) is 15.2. The van der Waals surface area contributed by atoms with Crippen LogP contribution in [0.3, 0.4) is 0 Å². The molecule has 0 radical (unpaired) electrons. The van der Waals surface area contributed by atoms with Gasteiger partial charge in [-0.2, -0.15) is 0 Å². The number of hydrogen-bond donors (Lipinski definition) is 1. The van der Waals surface area contributed by atoms with Crippen LogP contribution in [-0.4, -0.2) is 37.5 Å². The van der Waals surface area contributed by atoms with E-state index in [1.165, 1.54) is 31.0 Å². The van der Waals surface area contributed by atoms with Crippen molar-refractivity contribution in [3.63, 3.8) is 0 Å². The minimum absolute atomic E-state index is 0.0625. The first-order valence-electron chi connectivity index (χ1n) is 7.56. The van der Waals surface area contributed by atoms with Crippen LogP contribution in [-0.2, 0) is 4.79 Å². The van der Waals surface area contributed by atoms with E-state index in [9.17, 15) is 4.79 Å². The molecular formula is C15H19N5OS. The molecule has 0 spiro atoms. The van der Waals surface area contributed by atoms with Gasteiger partial charge in [0.05, 0.1) is 5.75 Å². The maximum absolute atomic E-state index is 12.0. The highest BCUT2D eigenvalue weighted by Gasteiger charge is 2.16. The summed E-state index contributed by atoms with van der Waals surface area (Å²) < 4.78 is 1.79. The SMILES string of the molecule is O=C(CSc1nncn1-c1ccccn1)NC1CCCCC1. The lowest BCUT2D eigenvalue weighted by Gasteiger charge is -2.22. The molecule has 2 aromatic rings. The second kappa shape index (κ2) is 7.40. The Morgan fingerprint density at radius 2 is 2.18 bits per heavy atom. The van der Waals surface area contributed by atoms with Gasteiger partial charge in [-0.1, -0.05) is 37.1 Å². The lowest BCUT2D eigenvalue weighted by Crippen LogP contribution is -2.37. The van der Waals surface area contributed by atoms with Gasteiger partial charge in [0.15, 0.2) is 5.16 Å². The first-order chi connectivity index (χ1) is 10.8. The zero-order valence-electron chi connectivity index (χ0n) is 12.3. The normalized spacial score (nSPS) is 15.6. The van der Waals surface area contributed by atoms with E-state index in [1.54, 1.807) is 17.1 Å². The minimum atomic E-state index is 0.0625. The number of nitrogens with zero attached hydrogens (tertiary/aromatic N) is 4. The summed E-state index contributed by atoms with van der Waals surface area (Å²) in [4.78, 5) is 16.3. The average Bonchev–Trinajstić information content (AvgIpc) is 3.03. The number of carbonyl (C=O) groups excluding carboxylic acids is 1. The third kappa shape index (κ3) is 3.85. The van der Waals surface area contributed by atoms with Crippen LogP contribution >= 0.6 is 11.8 Å². The van der Waals surface area contributed by atoms with Crippen LogP contribution in [0.2, 0.25) is 0 Å². The van der Waals surface area contributed by atoms with Crippen molar-refractivity contribution >= 4 is 17.7 Å². The molecule has 7 heteroatoms. The molecule has 1 fully saturated rings. The Morgan fingerprint density at radius 1 is 1.32 bits per heavy atom. The molecule has 116 valence electrons. The fourth-order valence-corrected chi connectivity index (χ4v) is 3.35. The van der Waals surface area contributed by atoms with Gasteiger partial charge in [-0.15, -0.1) is 10.2 Å². The van der Waals surface area contributed by atoms with Crippen LogP contribution in [0.1, 0.15) is 32.1 Å². The predicted molar refractivity (Wildman–Crippen MR) is 84.9 cm³/mol. The molecule has 2 aromatic heterocycles. The van der Waals surface area contributed by atoms with Gasteiger partial charge in [0, 0.05) is 12.2 Å². The maximum atomic E-state index is 12.0. The van der Waals surface area contributed by atoms with E-state index < -0.39 is 0 Å². The molecule has 1 aliphatic carbocycles. The fraction of sp³-hybridized carbons (Fsp3) is 0.467. The van der Waals surface area contributed by atoms with Gasteiger partial charge in [-0.25, -0.2) is 4.98 Å². The van der Waals surface area contributed by atoms with Crippen molar-refractivity contribution in [3.05, 3.63) is 30.7 Å². The van der Waals surface area contributed by atoms with Crippen LogP contribution < -0.4 is 5.32 Å². The van der Waals surface area contributed by atoms with E-state index in [2.05, 4.69) is 20.5 Å². The largest absolute Gasteiger partial charge is 0.353 e. The zero-order valence-corrected chi connectivity index (χ0v) is 13.1. The molecule has 1 saturated carbocycles. The van der Waals surface area contributed by atoms with Gasteiger partial charge in [0.25, 0.3) is 0 Å². The van der Waals surface area contributed by atoms with E-state index in [-0.39, 0.29) is 5.91 Å². The number of nitrogens with one attached hydrogen (secondary N) is 1. The molecule has 22 heavy (non-hydrogen) atoms. The molecule has 1 amide bonds. The van der Waals surface area contributed by atoms with E-state index in [0.717, 1.165) is 18.7 Å². The van der Waals surface area contributed by atoms with Gasteiger partial charge < -0.3 is 5.32 Å². The second-order valence-corrected chi connectivity index (χ2v) is 6.31. The molecule has 1 N–H and O–H groups in total. The first kappa shape index (κ1) is 15.0. The minimum Gasteiger partial charge on any atom is -0.353 e. The van der Waals surface area contributed by atoms with Crippen LogP contribution in [0.25, 0.3) is 5.82 Å². The molecule has 0 aromatic carbocycles. The molecular weight excluding hydrogens is 298 g/mol. The van der Waals surface area contributed by atoms with E-state index in [4.69, 9.17) is 0 Å². The molecule has 0 aliphatic heterocycles. The van der Waals surface area contributed by atoms with Crippen LogP contribution in [0.15, 0.2) is 35.9 Å². The lowest BCUT2D eigenvalue weighted by molar-refractivity contribution is -0.119. The van der Waals surface area contributed by atoms with Crippen molar-refractivity contribution in [2.45, 2.75) is 43.3 Å². The maximum Gasteiger partial charge on any atom is 0.230 e. The van der Waals surface area contributed by atoms with Crippen LogP contribution in [0.4, 0.5) is 0 Å². The number of pyridine rings is 1. The Labute approximate surface area is 133 Å². The van der Waals surface area contributed by atoms with Gasteiger partial charge in [0.1, 0.15) is 12.1 Å². The third-order valence-corrected chi connectivity index (χ3v) is 4.66. The number of carbonyl (C=O) groups is 1. The van der Waals surface area contributed by atoms with Gasteiger partial charge in [0.2, 0.25) is 5.91 Å². The van der Waals surface area contributed by atoms with Gasteiger partial charge in [-0.3, -0.25) is 9.36 Å². The summed E-state index contributed by atoms with van der Waals surface area (Å²) in [7, 11) is 0. The van der Waals surface area contributed by atoms with Crippen molar-refractivity contribution in [2.75, 3.05) is 5.75 Å². The first-order valence-corrected chi connectivity index (χ1v) is 8.55. The molecule has 0 bridgehead atoms. The molecule has 2 heterocycles. The molecule has 1 aliphatic rings. The molecule has 0 saturated heterocycles. The number of rotatable bonds is 5. The van der Waals surface area contributed by atoms with Crippen molar-refractivity contribution in [1.82, 2.24) is 25.1 Å².